The van der Waals surface area contributed by atoms with Crippen LogP contribution >= 0.6 is 0 Å². The Labute approximate surface area is 100 Å². The summed E-state index contributed by atoms with van der Waals surface area (Å²) in [6.45, 7) is 2.71. The van der Waals surface area contributed by atoms with E-state index in [0.29, 0.717) is 12.2 Å². The summed E-state index contributed by atoms with van der Waals surface area (Å²) >= 11 is 0. The minimum absolute atomic E-state index is 0.0298. The number of aromatic nitrogens is 2. The van der Waals surface area contributed by atoms with Gasteiger partial charge in [0.2, 0.25) is 0 Å². The molecular weight excluding hydrogens is 216 g/mol. The number of benzene rings is 1. The van der Waals surface area contributed by atoms with Crippen LogP contribution in [0.2, 0.25) is 0 Å². The second kappa shape index (κ2) is 5.01. The smallest absolute Gasteiger partial charge is 0.123 e. The van der Waals surface area contributed by atoms with Crippen LogP contribution in [0, 0.1) is 6.92 Å². The summed E-state index contributed by atoms with van der Waals surface area (Å²) in [4.78, 5) is 4.08. The molecule has 0 radical (unpaired) electrons. The number of methoxy groups -OCH3 is 1. The van der Waals surface area contributed by atoms with Gasteiger partial charge >= 0.3 is 0 Å². The Bertz CT molecular complexity index is 506. The molecule has 0 saturated carbocycles. The number of ether oxygens (including phenoxy) is 1. The Morgan fingerprint density at radius 2 is 2.24 bits per heavy atom. The molecule has 2 rings (SSSR count). The van der Waals surface area contributed by atoms with Crippen LogP contribution in [-0.2, 0) is 13.2 Å². The van der Waals surface area contributed by atoms with Crippen molar-refractivity contribution in [2.24, 2.45) is 0 Å². The Morgan fingerprint density at radius 3 is 2.88 bits per heavy atom. The van der Waals surface area contributed by atoms with E-state index in [1.165, 1.54) is 5.56 Å². The summed E-state index contributed by atoms with van der Waals surface area (Å²) in [6, 6.07) is 6.08. The molecule has 0 amide bonds. The maximum atomic E-state index is 8.96. The lowest BCUT2D eigenvalue weighted by molar-refractivity contribution is 0.277. The lowest BCUT2D eigenvalue weighted by Gasteiger charge is -2.09. The van der Waals surface area contributed by atoms with E-state index in [1.54, 1.807) is 13.4 Å². The average molecular weight is 232 g/mol. The molecule has 90 valence electrons. The summed E-state index contributed by atoms with van der Waals surface area (Å²) in [5, 5.41) is 8.96. The highest BCUT2D eigenvalue weighted by Crippen LogP contribution is 2.20. The number of imidazole rings is 1. The maximum absolute atomic E-state index is 8.96. The normalized spacial score (nSPS) is 10.5. The monoisotopic (exact) mass is 232 g/mol. The fraction of sp³-hybridized carbons (Fsp3) is 0.308. The van der Waals surface area contributed by atoms with Crippen LogP contribution in [0.15, 0.2) is 30.7 Å². The van der Waals surface area contributed by atoms with E-state index in [9.17, 15) is 0 Å². The van der Waals surface area contributed by atoms with Crippen LogP contribution in [0.5, 0.6) is 5.75 Å². The molecule has 0 aliphatic rings. The first-order valence-corrected chi connectivity index (χ1v) is 5.48. The summed E-state index contributed by atoms with van der Waals surface area (Å²) in [5.74, 6) is 0.870. The number of aliphatic hydroxyl groups excluding tert-OH is 1. The van der Waals surface area contributed by atoms with E-state index >= 15 is 0 Å². The lowest BCUT2D eigenvalue weighted by atomic mass is 10.1. The summed E-state index contributed by atoms with van der Waals surface area (Å²) < 4.78 is 7.26. The van der Waals surface area contributed by atoms with Crippen molar-refractivity contribution in [1.82, 2.24) is 9.55 Å². The fourth-order valence-corrected chi connectivity index (χ4v) is 1.80. The van der Waals surface area contributed by atoms with Gasteiger partial charge < -0.3 is 14.4 Å². The Balaban J connectivity index is 2.25. The van der Waals surface area contributed by atoms with Crippen molar-refractivity contribution in [2.45, 2.75) is 20.1 Å². The second-order valence-electron chi connectivity index (χ2n) is 4.01. The first kappa shape index (κ1) is 11.7. The highest BCUT2D eigenvalue weighted by molar-refractivity contribution is 5.37. The van der Waals surface area contributed by atoms with Crippen molar-refractivity contribution in [3.63, 3.8) is 0 Å². The molecule has 0 aliphatic heterocycles. The van der Waals surface area contributed by atoms with E-state index < -0.39 is 0 Å². The predicted octanol–water partition coefficient (Wildman–Crippen LogP) is 1.74. The second-order valence-corrected chi connectivity index (χ2v) is 4.01. The minimum atomic E-state index is -0.0298. The molecule has 2 aromatic rings. The number of hydrogen-bond acceptors (Lipinski definition) is 3. The van der Waals surface area contributed by atoms with Gasteiger partial charge in [-0.15, -0.1) is 0 Å². The zero-order chi connectivity index (χ0) is 12.3. The molecule has 1 N–H and O–H groups in total. The van der Waals surface area contributed by atoms with Gasteiger partial charge in [-0.05, 0) is 13.0 Å². The van der Waals surface area contributed by atoms with E-state index in [1.807, 2.05) is 22.9 Å². The standard InChI is InChI=1S/C13H16N2O2/c1-10-3-4-13(17-2)11(5-10)6-15-7-12(8-16)14-9-15/h3-5,7,9,16H,6,8H2,1-2H3. The van der Waals surface area contributed by atoms with E-state index in [2.05, 4.69) is 18.0 Å². The van der Waals surface area contributed by atoms with Crippen molar-refractivity contribution in [3.05, 3.63) is 47.5 Å². The third kappa shape index (κ3) is 2.65. The third-order valence-corrected chi connectivity index (χ3v) is 2.64. The number of hydrogen-bond donors (Lipinski definition) is 1. The molecule has 4 heteroatoms. The number of aliphatic hydroxyl groups is 1. The number of aryl methyl sites for hydroxylation is 1. The summed E-state index contributed by atoms with van der Waals surface area (Å²) in [7, 11) is 1.67. The van der Waals surface area contributed by atoms with Gasteiger partial charge in [0.15, 0.2) is 0 Å². The summed E-state index contributed by atoms with van der Waals surface area (Å²) in [5.41, 5.74) is 2.98. The van der Waals surface area contributed by atoms with Gasteiger partial charge in [0, 0.05) is 11.8 Å². The van der Waals surface area contributed by atoms with E-state index in [4.69, 9.17) is 9.84 Å². The molecular formula is C13H16N2O2. The van der Waals surface area contributed by atoms with Gasteiger partial charge in [0.25, 0.3) is 0 Å². The van der Waals surface area contributed by atoms with Crippen molar-refractivity contribution in [3.8, 4) is 5.75 Å². The molecule has 0 fully saturated rings. The van der Waals surface area contributed by atoms with Gasteiger partial charge in [-0.3, -0.25) is 0 Å². The van der Waals surface area contributed by atoms with Crippen LogP contribution in [0.25, 0.3) is 0 Å². The number of rotatable bonds is 4. The molecule has 4 nitrogen and oxygen atoms in total. The zero-order valence-corrected chi connectivity index (χ0v) is 10.1. The highest BCUT2D eigenvalue weighted by Gasteiger charge is 2.05. The molecule has 0 aliphatic carbocycles. The average Bonchev–Trinajstić information content (AvgIpc) is 2.77. The van der Waals surface area contributed by atoms with Crippen LogP contribution in [-0.4, -0.2) is 21.8 Å². The van der Waals surface area contributed by atoms with Crippen molar-refractivity contribution in [1.29, 1.82) is 0 Å². The van der Waals surface area contributed by atoms with Gasteiger partial charge in [0.1, 0.15) is 5.75 Å². The minimum Gasteiger partial charge on any atom is -0.496 e. The van der Waals surface area contributed by atoms with Gasteiger partial charge in [-0.25, -0.2) is 4.98 Å². The Hall–Kier alpha value is -1.81. The topological polar surface area (TPSA) is 47.3 Å². The first-order chi connectivity index (χ1) is 8.22. The van der Waals surface area contributed by atoms with Crippen LogP contribution in [0.4, 0.5) is 0 Å². The van der Waals surface area contributed by atoms with Gasteiger partial charge in [-0.1, -0.05) is 17.7 Å². The van der Waals surface area contributed by atoms with Gasteiger partial charge in [0.05, 0.1) is 32.3 Å². The molecule has 1 heterocycles. The van der Waals surface area contributed by atoms with E-state index in [-0.39, 0.29) is 6.61 Å². The van der Waals surface area contributed by atoms with E-state index in [0.717, 1.165) is 11.3 Å². The molecule has 0 bridgehead atoms. The third-order valence-electron chi connectivity index (χ3n) is 2.64. The fourth-order valence-electron chi connectivity index (χ4n) is 1.80. The largest absolute Gasteiger partial charge is 0.496 e. The predicted molar refractivity (Wildman–Crippen MR) is 65.0 cm³/mol. The van der Waals surface area contributed by atoms with Crippen LogP contribution < -0.4 is 4.74 Å². The van der Waals surface area contributed by atoms with Gasteiger partial charge in [-0.2, -0.15) is 0 Å². The molecule has 0 spiro atoms. The maximum Gasteiger partial charge on any atom is 0.123 e. The molecule has 17 heavy (non-hydrogen) atoms. The number of nitrogens with zero attached hydrogens (tertiary/aromatic N) is 2. The Kier molecular flexibility index (Phi) is 3.44. The molecule has 0 atom stereocenters. The molecule has 0 unspecified atom stereocenters. The van der Waals surface area contributed by atoms with Crippen molar-refractivity contribution in [2.75, 3.05) is 7.11 Å². The first-order valence-electron chi connectivity index (χ1n) is 5.48. The van der Waals surface area contributed by atoms with Crippen molar-refractivity contribution < 1.29 is 9.84 Å². The molecule has 0 saturated heterocycles. The highest BCUT2D eigenvalue weighted by atomic mass is 16.5. The molecule has 1 aromatic carbocycles. The summed E-state index contributed by atoms with van der Waals surface area (Å²) in [6.07, 6.45) is 3.55. The van der Waals surface area contributed by atoms with Crippen molar-refractivity contribution >= 4 is 0 Å². The van der Waals surface area contributed by atoms with Crippen LogP contribution in [0.3, 0.4) is 0 Å². The Morgan fingerprint density at radius 1 is 1.41 bits per heavy atom. The quantitative estimate of drug-likeness (QED) is 0.873. The lowest BCUT2D eigenvalue weighted by Crippen LogP contribution is -2.00. The SMILES string of the molecule is COc1ccc(C)cc1Cn1cnc(CO)c1. The van der Waals surface area contributed by atoms with Crippen LogP contribution in [0.1, 0.15) is 16.8 Å². The zero-order valence-electron chi connectivity index (χ0n) is 10.1. The molecule has 1 aromatic heterocycles.